The van der Waals surface area contributed by atoms with Gasteiger partial charge in [0.1, 0.15) is 0 Å². The Morgan fingerprint density at radius 1 is 1.39 bits per heavy atom. The first-order chi connectivity index (χ1) is 8.81. The Morgan fingerprint density at radius 2 is 2.28 bits per heavy atom. The summed E-state index contributed by atoms with van der Waals surface area (Å²) in [4.78, 5) is 6.91. The largest absolute Gasteiger partial charge is 0.256 e. The molecule has 0 radical (unpaired) electrons. The Balaban J connectivity index is 2.30. The van der Waals surface area contributed by atoms with Crippen LogP contribution in [0, 0.1) is 11.8 Å². The predicted octanol–water partition coefficient (Wildman–Crippen LogP) is 3.94. The van der Waals surface area contributed by atoms with Crippen molar-refractivity contribution in [1.82, 2.24) is 4.98 Å². The van der Waals surface area contributed by atoms with E-state index in [9.17, 15) is 0 Å². The van der Waals surface area contributed by atoms with Crippen LogP contribution in [-0.4, -0.2) is 11.5 Å². The van der Waals surface area contributed by atoms with Crippen molar-refractivity contribution >= 4 is 22.5 Å². The smallest absolute Gasteiger partial charge is 0.0729 e. The third kappa shape index (κ3) is 2.92. The second kappa shape index (κ2) is 5.92. The van der Waals surface area contributed by atoms with Gasteiger partial charge in [-0.05, 0) is 23.7 Å². The van der Waals surface area contributed by atoms with Gasteiger partial charge in [0.15, 0.2) is 0 Å². The van der Waals surface area contributed by atoms with Crippen molar-refractivity contribution in [3.63, 3.8) is 0 Å². The molecule has 0 aliphatic carbocycles. The summed E-state index contributed by atoms with van der Waals surface area (Å²) in [6.07, 6.45) is 2.25. The molecule has 5 heteroatoms. The van der Waals surface area contributed by atoms with Crippen molar-refractivity contribution < 1.29 is 0 Å². The van der Waals surface area contributed by atoms with E-state index in [-0.39, 0.29) is 0 Å². The highest BCUT2D eigenvalue weighted by Gasteiger charge is 1.99. The topological polar surface area (TPSA) is 61.7 Å². The van der Waals surface area contributed by atoms with Crippen LogP contribution in [0.3, 0.4) is 0 Å². The molecule has 18 heavy (non-hydrogen) atoms. The monoisotopic (exact) mass is 256 g/mol. The van der Waals surface area contributed by atoms with Gasteiger partial charge in [-0.2, -0.15) is 0 Å². The van der Waals surface area contributed by atoms with E-state index >= 15 is 0 Å². The van der Waals surface area contributed by atoms with E-state index in [1.54, 1.807) is 6.20 Å². The summed E-state index contributed by atoms with van der Waals surface area (Å²) in [6, 6.07) is 7.39. The zero-order valence-electron chi connectivity index (χ0n) is 9.47. The summed E-state index contributed by atoms with van der Waals surface area (Å²) in [7, 11) is 0. The summed E-state index contributed by atoms with van der Waals surface area (Å²) >= 11 is 5.91. The molecular formula is C13H9ClN4. The lowest BCUT2D eigenvalue weighted by atomic mass is 10.1. The number of pyridine rings is 1. The van der Waals surface area contributed by atoms with Gasteiger partial charge < -0.3 is 0 Å². The fraction of sp³-hybridized carbons (Fsp3) is 0.154. The van der Waals surface area contributed by atoms with Crippen molar-refractivity contribution in [2.75, 3.05) is 6.54 Å². The standard InChI is InChI=1S/C13H9ClN4/c14-11-4-5-12-10(3-1-2-7-17-18-15)6-8-16-13(12)9-11/h4-6,8-9H,2,7H2. The Hall–Kier alpha value is -2.21. The first kappa shape index (κ1) is 12.3. The van der Waals surface area contributed by atoms with E-state index in [0.717, 1.165) is 16.5 Å². The fourth-order valence-corrected chi connectivity index (χ4v) is 1.70. The highest BCUT2D eigenvalue weighted by atomic mass is 35.5. The SMILES string of the molecule is [N-]=[N+]=NCCC#Cc1ccnc2cc(Cl)ccc12. The number of aromatic nitrogens is 1. The highest BCUT2D eigenvalue weighted by Crippen LogP contribution is 2.20. The van der Waals surface area contributed by atoms with Crippen molar-refractivity contribution in [1.29, 1.82) is 0 Å². The molecule has 0 amide bonds. The van der Waals surface area contributed by atoms with Gasteiger partial charge in [0.25, 0.3) is 0 Å². The molecule has 0 aliphatic rings. The van der Waals surface area contributed by atoms with Crippen molar-refractivity contribution in [2.45, 2.75) is 6.42 Å². The molecule has 0 saturated heterocycles. The number of fused-ring (bicyclic) bond motifs is 1. The second-order valence-electron chi connectivity index (χ2n) is 3.53. The van der Waals surface area contributed by atoms with E-state index in [1.165, 1.54) is 0 Å². The third-order valence-electron chi connectivity index (χ3n) is 2.33. The summed E-state index contributed by atoms with van der Waals surface area (Å²) in [6.45, 7) is 0.387. The van der Waals surface area contributed by atoms with Gasteiger partial charge in [-0.25, -0.2) is 0 Å². The van der Waals surface area contributed by atoms with E-state index in [2.05, 4.69) is 26.9 Å². The lowest BCUT2D eigenvalue weighted by Crippen LogP contribution is -1.83. The van der Waals surface area contributed by atoms with Crippen molar-refractivity contribution in [3.8, 4) is 11.8 Å². The summed E-state index contributed by atoms with van der Waals surface area (Å²) in [5.74, 6) is 6.02. The Kier molecular flexibility index (Phi) is 4.03. The summed E-state index contributed by atoms with van der Waals surface area (Å²) in [5.41, 5.74) is 9.86. The van der Waals surface area contributed by atoms with Crippen LogP contribution in [0.1, 0.15) is 12.0 Å². The van der Waals surface area contributed by atoms with Crippen LogP contribution in [0.25, 0.3) is 21.3 Å². The van der Waals surface area contributed by atoms with Crippen LogP contribution < -0.4 is 0 Å². The molecule has 0 bridgehead atoms. The molecule has 1 aromatic heterocycles. The van der Waals surface area contributed by atoms with E-state index in [4.69, 9.17) is 17.1 Å². The molecule has 1 heterocycles. The Bertz CT molecular complexity index is 678. The van der Waals surface area contributed by atoms with Crippen LogP contribution in [0.5, 0.6) is 0 Å². The van der Waals surface area contributed by atoms with Gasteiger partial charge in [0, 0.05) is 40.0 Å². The average molecular weight is 257 g/mol. The van der Waals surface area contributed by atoms with Gasteiger partial charge in [-0.3, -0.25) is 4.98 Å². The minimum absolute atomic E-state index is 0.387. The molecule has 2 aromatic rings. The number of hydrogen-bond acceptors (Lipinski definition) is 2. The van der Waals surface area contributed by atoms with E-state index < -0.39 is 0 Å². The highest BCUT2D eigenvalue weighted by molar-refractivity contribution is 6.31. The predicted molar refractivity (Wildman–Crippen MR) is 72.3 cm³/mol. The molecule has 0 saturated carbocycles. The van der Waals surface area contributed by atoms with Crippen molar-refractivity contribution in [3.05, 3.63) is 51.5 Å². The van der Waals surface area contributed by atoms with E-state index in [1.807, 2.05) is 24.3 Å². The lowest BCUT2D eigenvalue weighted by Gasteiger charge is -1.99. The van der Waals surface area contributed by atoms with Gasteiger partial charge in [0.2, 0.25) is 0 Å². The number of benzene rings is 1. The molecule has 0 spiro atoms. The normalized spacial score (nSPS) is 9.39. The molecule has 88 valence electrons. The summed E-state index contributed by atoms with van der Waals surface area (Å²) < 4.78 is 0. The third-order valence-corrected chi connectivity index (χ3v) is 2.56. The fourth-order valence-electron chi connectivity index (χ4n) is 1.54. The minimum atomic E-state index is 0.387. The maximum absolute atomic E-state index is 8.14. The van der Waals surface area contributed by atoms with Gasteiger partial charge in [0.05, 0.1) is 5.52 Å². The molecule has 0 aliphatic heterocycles. The van der Waals surface area contributed by atoms with Crippen LogP contribution in [0.2, 0.25) is 5.02 Å². The maximum atomic E-state index is 8.14. The van der Waals surface area contributed by atoms with Gasteiger partial charge >= 0.3 is 0 Å². The second-order valence-corrected chi connectivity index (χ2v) is 3.96. The van der Waals surface area contributed by atoms with Crippen LogP contribution in [0.4, 0.5) is 0 Å². The molecular weight excluding hydrogens is 248 g/mol. The van der Waals surface area contributed by atoms with Gasteiger partial charge in [-0.1, -0.05) is 34.6 Å². The van der Waals surface area contributed by atoms with Crippen LogP contribution in [0.15, 0.2) is 35.6 Å². The zero-order chi connectivity index (χ0) is 12.8. The first-order valence-corrected chi connectivity index (χ1v) is 5.73. The molecule has 0 unspecified atom stereocenters. The molecule has 1 aromatic carbocycles. The number of rotatable bonds is 2. The number of hydrogen-bond donors (Lipinski definition) is 0. The van der Waals surface area contributed by atoms with E-state index in [0.29, 0.717) is 18.0 Å². The van der Waals surface area contributed by atoms with Crippen LogP contribution in [-0.2, 0) is 0 Å². The molecule has 2 rings (SSSR count). The number of nitrogens with zero attached hydrogens (tertiary/aromatic N) is 4. The Morgan fingerprint density at radius 3 is 3.11 bits per heavy atom. The quantitative estimate of drug-likeness (QED) is 0.264. The minimum Gasteiger partial charge on any atom is -0.256 e. The summed E-state index contributed by atoms with van der Waals surface area (Å²) in [5, 5.41) is 5.05. The Labute approximate surface area is 109 Å². The zero-order valence-corrected chi connectivity index (χ0v) is 10.2. The first-order valence-electron chi connectivity index (χ1n) is 5.35. The molecule has 4 nitrogen and oxygen atoms in total. The van der Waals surface area contributed by atoms with Gasteiger partial charge in [-0.15, -0.1) is 0 Å². The number of halogens is 1. The molecule has 0 fully saturated rings. The maximum Gasteiger partial charge on any atom is 0.0729 e. The number of azide groups is 1. The average Bonchev–Trinajstić information content (AvgIpc) is 2.38. The lowest BCUT2D eigenvalue weighted by molar-refractivity contribution is 1.01. The molecule has 0 atom stereocenters. The van der Waals surface area contributed by atoms with Crippen molar-refractivity contribution in [2.24, 2.45) is 5.11 Å². The van der Waals surface area contributed by atoms with Crippen LogP contribution >= 0.6 is 11.6 Å². The molecule has 0 N–H and O–H groups in total.